The first-order valence-corrected chi connectivity index (χ1v) is 1.08. The van der Waals surface area contributed by atoms with Crippen LogP contribution in [0.5, 0.6) is 0 Å². The Morgan fingerprint density at radius 1 is 1.20 bits per heavy atom. The van der Waals surface area contributed by atoms with Gasteiger partial charge in [0.2, 0.25) is 0 Å². The highest BCUT2D eigenvalue weighted by atomic mass is 15.1. The summed E-state index contributed by atoms with van der Waals surface area (Å²) in [7, 11) is 0. The zero-order chi connectivity index (χ0) is 4.12. The van der Waals surface area contributed by atoms with E-state index in [0.29, 0.717) is 0 Å². The molecule has 0 rings (SSSR count). The van der Waals surface area contributed by atoms with E-state index in [1.807, 2.05) is 0 Å². The van der Waals surface area contributed by atoms with Crippen molar-refractivity contribution in [3.63, 3.8) is 0 Å². The third kappa shape index (κ3) is 3.20. The van der Waals surface area contributed by atoms with Crippen LogP contribution in [0.3, 0.4) is 0 Å². The van der Waals surface area contributed by atoms with Crippen LogP contribution >= 0.6 is 0 Å². The number of rotatable bonds is 2. The molecule has 0 saturated carbocycles. The molecule has 0 fully saturated rings. The smallest absolute Gasteiger partial charge is 0.170 e. The van der Waals surface area contributed by atoms with Crippen molar-refractivity contribution in [2.75, 3.05) is 6.67 Å². The van der Waals surface area contributed by atoms with Crippen molar-refractivity contribution in [1.29, 1.82) is 11.1 Å². The van der Waals surface area contributed by atoms with E-state index >= 15 is 0 Å². The van der Waals surface area contributed by atoms with E-state index in [2.05, 4.69) is 10.2 Å². The summed E-state index contributed by atoms with van der Waals surface area (Å²) in [6.45, 7) is -0.0278. The van der Waals surface area contributed by atoms with Gasteiger partial charge >= 0.3 is 0 Å². The van der Waals surface area contributed by atoms with Gasteiger partial charge in [-0.3, -0.25) is 0 Å². The van der Waals surface area contributed by atoms with Crippen LogP contribution in [-0.4, -0.2) is 6.67 Å². The molecule has 0 aliphatic carbocycles. The second kappa shape index (κ2) is 3.20. The SMILES string of the molecule is N=NCN=N. The molecule has 4 heteroatoms. The molecule has 0 heterocycles. The fourth-order valence-corrected chi connectivity index (χ4v) is 0.0354. The van der Waals surface area contributed by atoms with E-state index in [9.17, 15) is 0 Å². The van der Waals surface area contributed by atoms with E-state index in [4.69, 9.17) is 11.1 Å². The standard InChI is InChI=1S/CH4N4/c2-4-1-5-3/h2-3H,1H2. The monoisotopic (exact) mass is 72.0 g/mol. The van der Waals surface area contributed by atoms with Gasteiger partial charge < -0.3 is 0 Å². The van der Waals surface area contributed by atoms with Crippen LogP contribution in [-0.2, 0) is 0 Å². The summed E-state index contributed by atoms with van der Waals surface area (Å²) in [5.41, 5.74) is 12.0. The lowest BCUT2D eigenvalue weighted by Gasteiger charge is -1.63. The zero-order valence-electron chi connectivity index (χ0n) is 2.60. The van der Waals surface area contributed by atoms with Gasteiger partial charge in [0.15, 0.2) is 6.67 Å². The Morgan fingerprint density at radius 2 is 1.60 bits per heavy atom. The predicted molar refractivity (Wildman–Crippen MR) is 15.2 cm³/mol. The minimum Gasteiger partial charge on any atom is -0.208 e. The Hall–Kier alpha value is -0.800. The van der Waals surface area contributed by atoms with E-state index in [1.165, 1.54) is 0 Å². The highest BCUT2D eigenvalue weighted by Gasteiger charge is 1.56. The van der Waals surface area contributed by atoms with Crippen molar-refractivity contribution in [1.82, 2.24) is 0 Å². The van der Waals surface area contributed by atoms with Gasteiger partial charge in [-0.2, -0.15) is 10.2 Å². The number of nitrogens with one attached hydrogen (secondary N) is 2. The first-order valence-electron chi connectivity index (χ1n) is 1.08. The van der Waals surface area contributed by atoms with Gasteiger partial charge in [0, 0.05) is 0 Å². The highest BCUT2D eigenvalue weighted by molar-refractivity contribution is 4.11. The maximum Gasteiger partial charge on any atom is 0.170 e. The Morgan fingerprint density at radius 3 is 1.60 bits per heavy atom. The van der Waals surface area contributed by atoms with Crippen LogP contribution in [0.15, 0.2) is 10.2 Å². The molecule has 0 aromatic carbocycles. The summed E-state index contributed by atoms with van der Waals surface area (Å²) in [6.07, 6.45) is 0. The maximum absolute atomic E-state index is 6.01. The molecule has 0 atom stereocenters. The maximum atomic E-state index is 6.01. The lowest BCUT2D eigenvalue weighted by atomic mass is 11.2. The Balaban J connectivity index is 2.65. The molecule has 0 aromatic rings. The summed E-state index contributed by atoms with van der Waals surface area (Å²) < 4.78 is 0. The highest BCUT2D eigenvalue weighted by Crippen LogP contribution is 1.61. The molecule has 28 valence electrons. The fourth-order valence-electron chi connectivity index (χ4n) is 0.0354. The molecule has 0 aliphatic rings. The number of nitrogens with zero attached hydrogens (tertiary/aromatic N) is 2. The van der Waals surface area contributed by atoms with Gasteiger partial charge in [0.1, 0.15) is 0 Å². The molecular formula is CH4N4. The molecule has 5 heavy (non-hydrogen) atoms. The van der Waals surface area contributed by atoms with Gasteiger partial charge in [-0.1, -0.05) is 0 Å². The van der Waals surface area contributed by atoms with E-state index in [0.717, 1.165) is 0 Å². The Labute approximate surface area is 29.2 Å². The van der Waals surface area contributed by atoms with E-state index < -0.39 is 0 Å². The van der Waals surface area contributed by atoms with Crippen LogP contribution in [0.25, 0.3) is 0 Å². The molecule has 0 radical (unpaired) electrons. The second-order valence-electron chi connectivity index (χ2n) is 0.458. The predicted octanol–water partition coefficient (Wildman–Crippen LogP) is 1.01. The fraction of sp³-hybridized carbons (Fsp3) is 1.00. The lowest BCUT2D eigenvalue weighted by Crippen LogP contribution is -1.57. The van der Waals surface area contributed by atoms with Crippen molar-refractivity contribution >= 4 is 0 Å². The quantitative estimate of drug-likeness (QED) is 0.457. The van der Waals surface area contributed by atoms with Crippen molar-refractivity contribution in [3.05, 3.63) is 0 Å². The van der Waals surface area contributed by atoms with Crippen LogP contribution < -0.4 is 0 Å². The minimum atomic E-state index is -0.0278. The van der Waals surface area contributed by atoms with Crippen molar-refractivity contribution in [3.8, 4) is 0 Å². The third-order valence-electron chi connectivity index (χ3n) is 0.141. The van der Waals surface area contributed by atoms with Crippen molar-refractivity contribution in [2.24, 2.45) is 10.2 Å². The summed E-state index contributed by atoms with van der Waals surface area (Å²) in [5, 5.41) is 5.50. The van der Waals surface area contributed by atoms with Gasteiger partial charge in [0.25, 0.3) is 0 Å². The zero-order valence-corrected chi connectivity index (χ0v) is 2.60. The van der Waals surface area contributed by atoms with Gasteiger partial charge in [-0.25, -0.2) is 11.1 Å². The molecular weight excluding hydrogens is 68.0 g/mol. The Bertz CT molecular complexity index is 32.9. The van der Waals surface area contributed by atoms with Gasteiger partial charge in [-0.15, -0.1) is 0 Å². The number of hydrogen-bond donors (Lipinski definition) is 2. The molecule has 0 aromatic heterocycles. The number of hydrogen-bond acceptors (Lipinski definition) is 4. The van der Waals surface area contributed by atoms with E-state index in [-0.39, 0.29) is 6.67 Å². The average Bonchev–Trinajstić information content (AvgIpc) is 1.41. The first kappa shape index (κ1) is 4.20. The van der Waals surface area contributed by atoms with E-state index in [1.54, 1.807) is 0 Å². The first-order chi connectivity index (χ1) is 2.41. The molecule has 0 bridgehead atoms. The Kier molecular flexibility index (Phi) is 2.69. The second-order valence-corrected chi connectivity index (χ2v) is 0.458. The van der Waals surface area contributed by atoms with Crippen LogP contribution in [0, 0.1) is 11.1 Å². The summed E-state index contributed by atoms with van der Waals surface area (Å²) in [5.74, 6) is 0. The van der Waals surface area contributed by atoms with Crippen molar-refractivity contribution in [2.45, 2.75) is 0 Å². The summed E-state index contributed by atoms with van der Waals surface area (Å²) in [6, 6.07) is 0. The molecule has 0 saturated heterocycles. The van der Waals surface area contributed by atoms with Gasteiger partial charge in [0.05, 0.1) is 0 Å². The third-order valence-corrected chi connectivity index (χ3v) is 0.141. The largest absolute Gasteiger partial charge is 0.208 e. The average molecular weight is 72.1 g/mol. The van der Waals surface area contributed by atoms with Crippen molar-refractivity contribution < 1.29 is 0 Å². The van der Waals surface area contributed by atoms with Gasteiger partial charge in [-0.05, 0) is 0 Å². The van der Waals surface area contributed by atoms with Crippen LogP contribution in [0.2, 0.25) is 0 Å². The minimum absolute atomic E-state index is 0.0278. The summed E-state index contributed by atoms with van der Waals surface area (Å²) >= 11 is 0. The molecule has 0 amide bonds. The molecule has 2 N–H and O–H groups in total. The van der Waals surface area contributed by atoms with Crippen LogP contribution in [0.1, 0.15) is 0 Å². The lowest BCUT2D eigenvalue weighted by molar-refractivity contribution is 0.839. The molecule has 4 nitrogen and oxygen atoms in total. The topological polar surface area (TPSA) is 72.4 Å². The molecule has 0 spiro atoms. The summed E-state index contributed by atoms with van der Waals surface area (Å²) in [4.78, 5) is 0. The molecule has 0 aliphatic heterocycles. The van der Waals surface area contributed by atoms with Crippen LogP contribution in [0.4, 0.5) is 0 Å². The normalized spacial score (nSPS) is 6.40. The molecule has 0 unspecified atom stereocenters.